The molecule has 0 radical (unpaired) electrons. The van der Waals surface area contributed by atoms with E-state index in [4.69, 9.17) is 4.74 Å². The van der Waals surface area contributed by atoms with E-state index in [1.54, 1.807) is 6.92 Å². The molecule has 1 aromatic carbocycles. The van der Waals surface area contributed by atoms with Crippen molar-refractivity contribution < 1.29 is 36.2 Å². The Hall–Kier alpha value is -1.86. The lowest BCUT2D eigenvalue weighted by Crippen LogP contribution is -2.41. The highest BCUT2D eigenvalue weighted by atomic mass is 19.4. The van der Waals surface area contributed by atoms with Crippen molar-refractivity contribution in [3.63, 3.8) is 0 Å². The first-order valence-electron chi connectivity index (χ1n) is 5.50. The zero-order chi connectivity index (χ0) is 15.4. The van der Waals surface area contributed by atoms with Crippen molar-refractivity contribution in [1.82, 2.24) is 0 Å². The van der Waals surface area contributed by atoms with E-state index in [9.17, 15) is 26.7 Å². The molecule has 112 valence electrons. The summed E-state index contributed by atoms with van der Waals surface area (Å²) in [5.74, 6) is -5.34. The third kappa shape index (κ3) is 3.82. The minimum absolute atomic E-state index is 0.0740. The van der Waals surface area contributed by atoms with E-state index in [1.807, 2.05) is 0 Å². The number of aldehydes is 1. The van der Waals surface area contributed by atoms with E-state index in [1.165, 1.54) is 12.1 Å². The summed E-state index contributed by atoms with van der Waals surface area (Å²) in [6, 6.07) is 3.51. The Balaban J connectivity index is 2.89. The molecule has 0 spiro atoms. The van der Waals surface area contributed by atoms with Gasteiger partial charge in [0.1, 0.15) is 6.29 Å². The van der Waals surface area contributed by atoms with Crippen molar-refractivity contribution in [2.24, 2.45) is 0 Å². The van der Waals surface area contributed by atoms with Crippen LogP contribution in [0.5, 0.6) is 11.5 Å². The van der Waals surface area contributed by atoms with Crippen LogP contribution in [0.4, 0.5) is 22.0 Å². The van der Waals surface area contributed by atoms with Crippen LogP contribution in [0.15, 0.2) is 18.2 Å². The maximum Gasteiger partial charge on any atom is 0.456 e. The van der Waals surface area contributed by atoms with Gasteiger partial charge in [-0.3, -0.25) is 4.79 Å². The van der Waals surface area contributed by atoms with Gasteiger partial charge in [0.05, 0.1) is 6.61 Å². The summed E-state index contributed by atoms with van der Waals surface area (Å²) in [6.45, 7) is -0.146. The lowest BCUT2D eigenvalue weighted by Gasteiger charge is -2.20. The van der Waals surface area contributed by atoms with E-state index >= 15 is 0 Å². The van der Waals surface area contributed by atoms with Crippen LogP contribution in [0.25, 0.3) is 0 Å². The average Bonchev–Trinajstić information content (AvgIpc) is 2.36. The van der Waals surface area contributed by atoms with Gasteiger partial charge < -0.3 is 9.47 Å². The van der Waals surface area contributed by atoms with E-state index in [-0.39, 0.29) is 23.7 Å². The molecule has 0 fully saturated rings. The van der Waals surface area contributed by atoms with E-state index < -0.39 is 18.7 Å². The van der Waals surface area contributed by atoms with Gasteiger partial charge in [-0.15, -0.1) is 0 Å². The molecule has 0 amide bonds. The van der Waals surface area contributed by atoms with Crippen LogP contribution in [0.2, 0.25) is 0 Å². The van der Waals surface area contributed by atoms with Gasteiger partial charge in [0.25, 0.3) is 0 Å². The number of hydrogen-bond acceptors (Lipinski definition) is 3. The van der Waals surface area contributed by atoms with E-state index in [0.29, 0.717) is 6.29 Å². The van der Waals surface area contributed by atoms with Crippen molar-refractivity contribution in [3.8, 4) is 11.5 Å². The number of carbonyl (C=O) groups is 1. The Morgan fingerprint density at radius 1 is 1.10 bits per heavy atom. The summed E-state index contributed by atoms with van der Waals surface area (Å²) < 4.78 is 70.9. The van der Waals surface area contributed by atoms with Gasteiger partial charge in [0, 0.05) is 5.56 Å². The summed E-state index contributed by atoms with van der Waals surface area (Å²) in [5, 5.41) is 0. The van der Waals surface area contributed by atoms with Crippen LogP contribution < -0.4 is 9.47 Å². The Labute approximate surface area is 111 Å². The predicted octanol–water partition coefficient (Wildman–Crippen LogP) is 3.47. The summed E-state index contributed by atoms with van der Waals surface area (Å²) in [7, 11) is 0. The van der Waals surface area contributed by atoms with Crippen molar-refractivity contribution in [3.05, 3.63) is 23.8 Å². The molecular formula is C12H11F5O3. The largest absolute Gasteiger partial charge is 0.490 e. The standard InChI is InChI=1S/C12H11F5O3/c1-2-19-10-5-8(6-18)3-4-9(10)20-7-11(13,14)12(15,16)17/h3-6H,2,7H2,1H3. The number of rotatable bonds is 6. The van der Waals surface area contributed by atoms with Gasteiger partial charge in [-0.2, -0.15) is 22.0 Å². The summed E-state index contributed by atoms with van der Waals surface area (Å²) in [4.78, 5) is 10.6. The second-order valence-corrected chi connectivity index (χ2v) is 3.75. The molecule has 0 aliphatic rings. The van der Waals surface area contributed by atoms with Gasteiger partial charge in [0.2, 0.25) is 0 Å². The summed E-state index contributed by atoms with van der Waals surface area (Å²) >= 11 is 0. The molecule has 0 N–H and O–H groups in total. The van der Waals surface area contributed by atoms with Crippen molar-refractivity contribution in [1.29, 1.82) is 0 Å². The normalized spacial score (nSPS) is 12.1. The molecule has 0 saturated heterocycles. The smallest absolute Gasteiger partial charge is 0.456 e. The quantitative estimate of drug-likeness (QED) is 0.596. The first-order valence-corrected chi connectivity index (χ1v) is 5.50. The Morgan fingerprint density at radius 3 is 2.25 bits per heavy atom. The van der Waals surface area contributed by atoms with Gasteiger partial charge >= 0.3 is 12.1 Å². The van der Waals surface area contributed by atoms with E-state index in [0.717, 1.165) is 6.07 Å². The number of benzene rings is 1. The SMILES string of the molecule is CCOc1cc(C=O)ccc1OCC(F)(F)C(F)(F)F. The molecule has 20 heavy (non-hydrogen) atoms. The lowest BCUT2D eigenvalue weighted by atomic mass is 10.2. The van der Waals surface area contributed by atoms with Crippen LogP contribution >= 0.6 is 0 Å². The molecule has 3 nitrogen and oxygen atoms in total. The number of ether oxygens (including phenoxy) is 2. The highest BCUT2D eigenvalue weighted by molar-refractivity contribution is 5.76. The van der Waals surface area contributed by atoms with Gasteiger partial charge in [-0.05, 0) is 25.1 Å². The molecule has 0 aliphatic carbocycles. The molecule has 0 bridgehead atoms. The molecule has 0 heterocycles. The Bertz CT molecular complexity index is 471. The van der Waals surface area contributed by atoms with Crippen LogP contribution in [-0.4, -0.2) is 31.6 Å². The molecular weight excluding hydrogens is 287 g/mol. The van der Waals surface area contributed by atoms with Crippen LogP contribution in [-0.2, 0) is 0 Å². The molecule has 1 aromatic rings. The fraction of sp³-hybridized carbons (Fsp3) is 0.417. The second kappa shape index (κ2) is 6.06. The van der Waals surface area contributed by atoms with Crippen LogP contribution in [0, 0.1) is 0 Å². The number of halogens is 5. The lowest BCUT2D eigenvalue weighted by molar-refractivity contribution is -0.290. The van der Waals surface area contributed by atoms with Crippen molar-refractivity contribution >= 4 is 6.29 Å². The third-order valence-corrected chi connectivity index (χ3v) is 2.23. The number of alkyl halides is 5. The van der Waals surface area contributed by atoms with Gasteiger partial charge in [-0.1, -0.05) is 0 Å². The first-order chi connectivity index (χ1) is 9.21. The zero-order valence-electron chi connectivity index (χ0n) is 10.3. The predicted molar refractivity (Wildman–Crippen MR) is 59.5 cm³/mol. The van der Waals surface area contributed by atoms with Gasteiger partial charge in [-0.25, -0.2) is 0 Å². The highest BCUT2D eigenvalue weighted by Gasteiger charge is 2.58. The van der Waals surface area contributed by atoms with E-state index in [2.05, 4.69) is 4.74 Å². The van der Waals surface area contributed by atoms with Crippen LogP contribution in [0.3, 0.4) is 0 Å². The van der Waals surface area contributed by atoms with Crippen molar-refractivity contribution in [2.45, 2.75) is 19.0 Å². The fourth-order valence-corrected chi connectivity index (χ4v) is 1.24. The molecule has 0 saturated carbocycles. The molecule has 1 rings (SSSR count). The minimum Gasteiger partial charge on any atom is -0.490 e. The second-order valence-electron chi connectivity index (χ2n) is 3.75. The number of carbonyl (C=O) groups excluding carboxylic acids is 1. The minimum atomic E-state index is -5.69. The zero-order valence-corrected chi connectivity index (χ0v) is 10.3. The topological polar surface area (TPSA) is 35.5 Å². The maximum atomic E-state index is 12.7. The highest BCUT2D eigenvalue weighted by Crippen LogP contribution is 2.37. The van der Waals surface area contributed by atoms with Gasteiger partial charge in [0.15, 0.2) is 18.1 Å². The molecule has 0 atom stereocenters. The Morgan fingerprint density at radius 2 is 1.75 bits per heavy atom. The fourth-order valence-electron chi connectivity index (χ4n) is 1.24. The van der Waals surface area contributed by atoms with Crippen molar-refractivity contribution in [2.75, 3.05) is 13.2 Å². The van der Waals surface area contributed by atoms with Crippen LogP contribution in [0.1, 0.15) is 17.3 Å². The Kier molecular flexibility index (Phi) is 4.91. The number of hydrogen-bond donors (Lipinski definition) is 0. The summed E-state index contributed by atoms with van der Waals surface area (Å²) in [5.41, 5.74) is 0.184. The average molecular weight is 298 g/mol. The third-order valence-electron chi connectivity index (χ3n) is 2.23. The molecule has 0 unspecified atom stereocenters. The summed E-state index contributed by atoms with van der Waals surface area (Å²) in [6.07, 6.45) is -5.21. The monoisotopic (exact) mass is 298 g/mol. The maximum absolute atomic E-state index is 12.7. The molecule has 0 aliphatic heterocycles. The first kappa shape index (κ1) is 16.2. The molecule has 8 heteroatoms. The molecule has 0 aromatic heterocycles.